The van der Waals surface area contributed by atoms with Crippen LogP contribution in [0.1, 0.15) is 204 Å². The normalized spacial score (nSPS) is 24.4. The Morgan fingerprint density at radius 2 is 1.05 bits per heavy atom. The van der Waals surface area contributed by atoms with Crippen LogP contribution in [0.25, 0.3) is 10.8 Å². The maximum absolute atomic E-state index is 6.34. The molecular formula is C98H124O18. The number of hydrogen-bond donors (Lipinski definition) is 0. The molecule has 0 aromatic heterocycles. The smallest absolute Gasteiger partial charge is 0.251 e. The van der Waals surface area contributed by atoms with Gasteiger partial charge in [0.15, 0.2) is 53.9 Å². The lowest BCUT2D eigenvalue weighted by Gasteiger charge is -2.50. The van der Waals surface area contributed by atoms with Crippen LogP contribution < -0.4 is 66.3 Å². The molecule has 18 nitrogen and oxygen atoms in total. The Morgan fingerprint density at radius 3 is 1.78 bits per heavy atom. The van der Waals surface area contributed by atoms with Crippen molar-refractivity contribution in [1.29, 1.82) is 0 Å². The lowest BCUT2D eigenvalue weighted by atomic mass is 9.62. The van der Waals surface area contributed by atoms with Gasteiger partial charge in [-0.1, -0.05) is 115 Å². The second kappa shape index (κ2) is 36.5. The van der Waals surface area contributed by atoms with Crippen molar-refractivity contribution in [1.82, 2.24) is 0 Å². The van der Waals surface area contributed by atoms with Crippen LogP contribution in [-0.2, 0) is 18.9 Å². The van der Waals surface area contributed by atoms with Crippen molar-refractivity contribution >= 4 is 10.8 Å². The van der Waals surface area contributed by atoms with Crippen LogP contribution in [-0.4, -0.2) is 81.5 Å². The van der Waals surface area contributed by atoms with Crippen molar-refractivity contribution in [3.8, 4) is 80.5 Å². The van der Waals surface area contributed by atoms with Crippen molar-refractivity contribution < 1.29 is 85.3 Å². The Bertz CT molecular complexity index is 4560. The molecule has 18 heteroatoms. The lowest BCUT2D eigenvalue weighted by molar-refractivity contribution is -0.214. The first-order valence-corrected chi connectivity index (χ1v) is 42.7. The molecule has 11 unspecified atom stereocenters. The second-order valence-corrected chi connectivity index (χ2v) is 34.6. The first kappa shape index (κ1) is 83.5. The summed E-state index contributed by atoms with van der Waals surface area (Å²) in [6.07, 6.45) is 21.6. The fourth-order valence-electron chi connectivity index (χ4n) is 19.2. The van der Waals surface area contributed by atoms with E-state index in [9.17, 15) is 0 Å². The van der Waals surface area contributed by atoms with Gasteiger partial charge in [-0.05, 0) is 263 Å². The predicted molar refractivity (Wildman–Crippen MR) is 449 cm³/mol. The Kier molecular flexibility index (Phi) is 26.3. The van der Waals surface area contributed by atoms with E-state index in [0.29, 0.717) is 61.0 Å². The summed E-state index contributed by atoms with van der Waals surface area (Å²) in [5.41, 5.74) is 8.25. The molecule has 0 amide bonds. The fraction of sp³-hybridized carbons (Fsp3) is 0.531. The molecule has 6 aliphatic carbocycles. The highest BCUT2D eigenvalue weighted by Crippen LogP contribution is 2.61. The maximum Gasteiger partial charge on any atom is 0.251 e. The molecule has 2 bridgehead atoms. The molecule has 8 aromatic rings. The zero-order valence-electron chi connectivity index (χ0n) is 71.3. The molecular weight excluding hydrogens is 1470 g/mol. The van der Waals surface area contributed by atoms with Gasteiger partial charge in [0, 0.05) is 79.4 Å². The third kappa shape index (κ3) is 20.2. The maximum atomic E-state index is 6.34. The van der Waals surface area contributed by atoms with Gasteiger partial charge in [-0.3, -0.25) is 0 Å². The average Bonchev–Trinajstić information content (AvgIpc) is 1.56. The summed E-state index contributed by atoms with van der Waals surface area (Å²) in [5.74, 6) is 15.2. The third-order valence-electron chi connectivity index (χ3n) is 24.3. The Balaban J connectivity index is 0.000000112. The van der Waals surface area contributed by atoms with Gasteiger partial charge in [-0.25, -0.2) is 0 Å². The molecule has 0 radical (unpaired) electrons. The highest BCUT2D eigenvalue weighted by Gasteiger charge is 2.55. The average molecular weight is 1590 g/mol. The van der Waals surface area contributed by atoms with Crippen LogP contribution in [0, 0.1) is 89.9 Å². The zero-order chi connectivity index (χ0) is 81.5. The third-order valence-corrected chi connectivity index (χ3v) is 24.3. The molecule has 116 heavy (non-hydrogen) atoms. The number of benzene rings is 8. The number of rotatable bonds is 14. The summed E-state index contributed by atoms with van der Waals surface area (Å²) in [6, 6.07) is 46.8. The van der Waals surface area contributed by atoms with E-state index in [4.69, 9.17) is 85.3 Å². The number of hydrogen-bond acceptors (Lipinski definition) is 18. The summed E-state index contributed by atoms with van der Waals surface area (Å²) >= 11 is 0. The number of aryl methyl sites for hydroxylation is 7. The van der Waals surface area contributed by atoms with Crippen LogP contribution in [0.15, 0.2) is 140 Å². The first-order chi connectivity index (χ1) is 55.8. The molecule has 6 saturated carbocycles. The lowest BCUT2D eigenvalue weighted by Crippen LogP contribution is -2.49. The van der Waals surface area contributed by atoms with E-state index in [0.717, 1.165) is 129 Å². The predicted octanol–water partition coefficient (Wildman–Crippen LogP) is 23.4. The highest BCUT2D eigenvalue weighted by atomic mass is 16.8. The van der Waals surface area contributed by atoms with Crippen LogP contribution >= 0.6 is 0 Å². The SMILES string of the molecule is CCOC(C)(C)Oc1ccc(C)cc1.CCOCOc1ccc(C)c2ccccc12.Cc1cc2c(c3c1OC(C)(C)O3)OC(C)(C)O2.Cc1cc2c(c3c1OCO3)OCO2.Cc1ccc(OC(C)OC2CC3CC2C2CCCC32)cc1.Cc1ccc(OC2CC3CCCC4CCCC(O2)C43)cc1.Cc1ccc2c(c1)OC1(CCCC1)O2. The van der Waals surface area contributed by atoms with Crippen LogP contribution in [0.4, 0.5) is 0 Å². The molecule has 12 aliphatic rings. The minimum absolute atomic E-state index is 0.0317. The van der Waals surface area contributed by atoms with E-state index in [1.165, 1.54) is 117 Å². The van der Waals surface area contributed by atoms with E-state index >= 15 is 0 Å². The minimum Gasteiger partial charge on any atom is -0.467 e. The molecule has 1 spiro atoms. The summed E-state index contributed by atoms with van der Waals surface area (Å²) in [5, 5.41) is 2.37. The quantitative estimate of drug-likeness (QED) is 0.0744. The molecule has 6 aliphatic heterocycles. The molecule has 8 aromatic carbocycles. The standard InChI is InChI=1S/2C19H26O2.C14H16O2.C13H16O4.C12H14O2.C12H18O2.C9H8O4/c1-12-6-8-15(9-7-12)20-13(2)21-19-11-14-10-18(19)17-5-3-4-16(14)17;1-13-8-10-16(11-9-13)20-18-12-15-6-2-4-14-5-3-7-17(21-18)19(14)15;1-3-15-10-16-14-9-8-11(2)12-6-4-5-7-13(12)14;1-7-6-8-10(16-12(2,3)14-8)11-9(7)15-13(4,5)17-11;1-9-4-5-10-11(8-9)14-12(13-10)6-2-3-7-12;1-5-13-12(3,4)14-11-8-6-10(2)7-9-11;1-5-2-6-8(12-3-10-6)9-7(5)11-4-13-9/h6-9,13-14,16-19H,3-5,10-11H2,1-2H3;8-11,14-15,17-19H,2-7,12H2,1H3;4-9H,3,10H2,1-2H3;6H,1-5H3;4-5,8H,2-3,6-7H2,1H3;6-9H,5H2,1-4H3;2H,3-4H2,1H3. The van der Waals surface area contributed by atoms with E-state index in [2.05, 4.69) is 101 Å². The van der Waals surface area contributed by atoms with Gasteiger partial charge in [0.25, 0.3) is 5.79 Å². The number of ether oxygens (including phenoxy) is 18. The largest absolute Gasteiger partial charge is 0.467 e. The Labute approximate surface area is 687 Å². The van der Waals surface area contributed by atoms with E-state index in [1.807, 2.05) is 149 Å². The molecule has 6 heterocycles. The van der Waals surface area contributed by atoms with E-state index < -0.39 is 17.4 Å². The minimum atomic E-state index is -0.654. The van der Waals surface area contributed by atoms with Crippen LogP contribution in [0.3, 0.4) is 0 Å². The molecule has 1 saturated heterocycles. The Morgan fingerprint density at radius 1 is 0.457 bits per heavy atom. The molecule has 11 atom stereocenters. The summed E-state index contributed by atoms with van der Waals surface area (Å²) in [6.45, 7) is 33.8. The van der Waals surface area contributed by atoms with Gasteiger partial charge in [0.05, 0.1) is 12.2 Å². The summed E-state index contributed by atoms with van der Waals surface area (Å²) < 4.78 is 102. The summed E-state index contributed by atoms with van der Waals surface area (Å²) in [4.78, 5) is 0. The zero-order valence-corrected chi connectivity index (χ0v) is 71.3. The monoisotopic (exact) mass is 1590 g/mol. The van der Waals surface area contributed by atoms with Crippen molar-refractivity contribution in [3.63, 3.8) is 0 Å². The van der Waals surface area contributed by atoms with Crippen molar-refractivity contribution in [2.24, 2.45) is 41.4 Å². The van der Waals surface area contributed by atoms with Crippen molar-refractivity contribution in [3.05, 3.63) is 178 Å². The molecule has 20 rings (SSSR count). The summed E-state index contributed by atoms with van der Waals surface area (Å²) in [7, 11) is 0. The van der Waals surface area contributed by atoms with E-state index in [-0.39, 0.29) is 32.0 Å². The molecule has 7 fully saturated rings. The van der Waals surface area contributed by atoms with Crippen LogP contribution in [0.5, 0.6) is 80.5 Å². The van der Waals surface area contributed by atoms with Gasteiger partial charge >= 0.3 is 0 Å². The number of fused-ring (bicyclic) bond motifs is 13. The first-order valence-electron chi connectivity index (χ1n) is 42.7. The highest BCUT2D eigenvalue weighted by molar-refractivity contribution is 5.90. The Hall–Kier alpha value is -8.94. The van der Waals surface area contributed by atoms with Gasteiger partial charge in [0.2, 0.25) is 53.9 Å². The van der Waals surface area contributed by atoms with Gasteiger partial charge in [0.1, 0.15) is 23.0 Å². The van der Waals surface area contributed by atoms with Crippen molar-refractivity contribution in [2.45, 2.75) is 261 Å². The molecule has 0 N–H and O–H groups in total. The van der Waals surface area contributed by atoms with Crippen molar-refractivity contribution in [2.75, 3.05) is 33.6 Å². The second-order valence-electron chi connectivity index (χ2n) is 34.6. The van der Waals surface area contributed by atoms with Crippen LogP contribution in [0.2, 0.25) is 0 Å². The topological polar surface area (TPSA) is 166 Å². The van der Waals surface area contributed by atoms with E-state index in [1.54, 1.807) is 0 Å². The molecule has 624 valence electrons. The van der Waals surface area contributed by atoms with Gasteiger partial charge in [-0.2, -0.15) is 0 Å². The van der Waals surface area contributed by atoms with Gasteiger partial charge < -0.3 is 85.3 Å². The fourth-order valence-corrected chi connectivity index (χ4v) is 19.2. The van der Waals surface area contributed by atoms with Gasteiger partial charge in [-0.15, -0.1) is 0 Å².